The van der Waals surface area contributed by atoms with Crippen molar-refractivity contribution in [1.82, 2.24) is 39.6 Å². The summed E-state index contributed by atoms with van der Waals surface area (Å²) in [6, 6.07) is 8.56. The molecule has 8 rings (SSSR count). The predicted molar refractivity (Wildman–Crippen MR) is 221 cm³/mol. The SMILES string of the molecule is CC(C)c1cc(C(=O)N2Cc3ccc(CN4CCN(C(=O)CC5(O)CCN(c6nc(-c7cnc(N)nc7)nc(N7CCOCC7)n6)CC5)[C@H](CO)C4)cc3C2)c(O)cc1O. The van der Waals surface area contributed by atoms with E-state index in [0.29, 0.717) is 120 Å². The Morgan fingerprint density at radius 2 is 1.57 bits per heavy atom. The van der Waals surface area contributed by atoms with Crippen LogP contribution in [0.5, 0.6) is 11.5 Å². The summed E-state index contributed by atoms with van der Waals surface area (Å²) in [5.41, 5.74) is 8.98. The number of phenolic OH excluding ortho intramolecular Hbond substituents is 2. The van der Waals surface area contributed by atoms with Gasteiger partial charge in [0.05, 0.1) is 49.0 Å². The number of amides is 2. The minimum atomic E-state index is -1.23. The maximum absolute atomic E-state index is 13.8. The highest BCUT2D eigenvalue weighted by Gasteiger charge is 2.39. The first kappa shape index (κ1) is 41.1. The molecule has 3 saturated heterocycles. The predicted octanol–water partition coefficient (Wildman–Crippen LogP) is 1.86. The fourth-order valence-corrected chi connectivity index (χ4v) is 8.56. The Bertz CT molecular complexity index is 2210. The summed E-state index contributed by atoms with van der Waals surface area (Å²) in [5, 5.41) is 42.9. The number of hydrogen-bond acceptors (Lipinski definition) is 16. The van der Waals surface area contributed by atoms with Crippen LogP contribution in [0.4, 0.5) is 17.8 Å². The molecule has 6 N–H and O–H groups in total. The highest BCUT2D eigenvalue weighted by molar-refractivity contribution is 5.97. The van der Waals surface area contributed by atoms with Gasteiger partial charge in [0.1, 0.15) is 11.5 Å². The summed E-state index contributed by atoms with van der Waals surface area (Å²) in [4.78, 5) is 59.4. The van der Waals surface area contributed by atoms with Gasteiger partial charge in [-0.3, -0.25) is 14.5 Å². The zero-order valence-electron chi connectivity index (χ0n) is 34.1. The first-order valence-corrected chi connectivity index (χ1v) is 20.6. The molecule has 0 aliphatic carbocycles. The number of nitrogen functional groups attached to an aromatic ring is 1. The number of piperazine rings is 1. The summed E-state index contributed by atoms with van der Waals surface area (Å²) in [5.74, 6) is 0.761. The number of aromatic hydroxyl groups is 2. The van der Waals surface area contributed by atoms with Crippen molar-refractivity contribution in [2.45, 2.75) is 70.3 Å². The van der Waals surface area contributed by atoms with Crippen LogP contribution in [-0.4, -0.2) is 149 Å². The van der Waals surface area contributed by atoms with E-state index in [-0.39, 0.29) is 53.8 Å². The number of nitrogens with zero attached hydrogens (tertiary/aromatic N) is 10. The van der Waals surface area contributed by atoms with Gasteiger partial charge in [-0.1, -0.05) is 32.0 Å². The number of aliphatic hydroxyl groups is 2. The fraction of sp³-hybridized carbons (Fsp3) is 0.500. The second-order valence-electron chi connectivity index (χ2n) is 16.6. The molecule has 4 aromatic rings. The number of phenols is 2. The number of aromatic nitrogens is 5. The average molecular weight is 824 g/mol. The summed E-state index contributed by atoms with van der Waals surface area (Å²) in [6.07, 6.45) is 3.76. The maximum atomic E-state index is 13.8. The van der Waals surface area contributed by atoms with Gasteiger partial charge in [-0.05, 0) is 47.1 Å². The second-order valence-corrected chi connectivity index (χ2v) is 16.6. The molecular formula is C42H53N11O7. The summed E-state index contributed by atoms with van der Waals surface area (Å²) >= 11 is 0. The smallest absolute Gasteiger partial charge is 0.258 e. The van der Waals surface area contributed by atoms with Crippen LogP contribution >= 0.6 is 0 Å². The molecule has 0 saturated carbocycles. The topological polar surface area (TPSA) is 231 Å². The van der Waals surface area contributed by atoms with E-state index >= 15 is 0 Å². The summed E-state index contributed by atoms with van der Waals surface area (Å²) in [6.45, 7) is 9.79. The van der Waals surface area contributed by atoms with E-state index < -0.39 is 11.6 Å². The number of nitrogens with two attached hydrogens (primary N) is 1. The quantitative estimate of drug-likeness (QED) is 0.154. The molecule has 2 aromatic heterocycles. The third kappa shape index (κ3) is 8.77. The van der Waals surface area contributed by atoms with E-state index in [1.165, 1.54) is 6.07 Å². The Kier molecular flexibility index (Phi) is 11.7. The molecule has 0 bridgehead atoms. The normalized spacial score (nSPS) is 19.5. The van der Waals surface area contributed by atoms with Crippen molar-refractivity contribution in [3.8, 4) is 22.9 Å². The minimum Gasteiger partial charge on any atom is -0.508 e. The molecule has 18 heteroatoms. The van der Waals surface area contributed by atoms with Gasteiger partial charge in [-0.2, -0.15) is 15.0 Å². The van der Waals surface area contributed by atoms with Gasteiger partial charge in [0.15, 0.2) is 5.82 Å². The number of carbonyl (C=O) groups excluding carboxylic acids is 2. The molecule has 0 unspecified atom stereocenters. The van der Waals surface area contributed by atoms with Crippen molar-refractivity contribution >= 4 is 29.7 Å². The van der Waals surface area contributed by atoms with Gasteiger partial charge in [-0.15, -0.1) is 0 Å². The Labute approximate surface area is 348 Å². The van der Waals surface area contributed by atoms with Crippen LogP contribution in [0.25, 0.3) is 11.4 Å². The standard InChI is InChI=1S/C42H53N11O7/c1-26(2)32-16-33(35(56)17-34(32)55)38(58)52-22-28-4-3-27(15-29(28)23-52)21-49-9-10-53(31(24-49)25-54)36(57)18-42(59)5-7-50(8-6-42)40-46-37(30-19-44-39(43)45-20-30)47-41(48-40)51-11-13-60-14-12-51/h3-4,15-17,19-20,26,31,54-56,59H,5-14,18,21-25H2,1-2H3,(H2,43,44,45)/t31-/m0/s1. The van der Waals surface area contributed by atoms with Crippen molar-refractivity contribution < 1.29 is 34.8 Å². The first-order valence-electron chi connectivity index (χ1n) is 20.6. The third-order valence-electron chi connectivity index (χ3n) is 12.1. The highest BCUT2D eigenvalue weighted by Crippen LogP contribution is 2.35. The Balaban J connectivity index is 0.864. The second kappa shape index (κ2) is 17.1. The van der Waals surface area contributed by atoms with Crippen LogP contribution in [0.2, 0.25) is 0 Å². The lowest BCUT2D eigenvalue weighted by Gasteiger charge is -2.43. The number of fused-ring (bicyclic) bond motifs is 1. The number of anilines is 3. The number of carbonyl (C=O) groups is 2. The van der Waals surface area contributed by atoms with Crippen molar-refractivity contribution in [2.75, 3.05) is 81.2 Å². The van der Waals surface area contributed by atoms with E-state index in [0.717, 1.165) is 16.7 Å². The number of benzene rings is 2. The lowest BCUT2D eigenvalue weighted by molar-refractivity contribution is -0.143. The van der Waals surface area contributed by atoms with Crippen molar-refractivity contribution in [2.24, 2.45) is 0 Å². The Hall–Kier alpha value is -5.69. The van der Waals surface area contributed by atoms with Gasteiger partial charge in [0.2, 0.25) is 23.8 Å². The molecule has 4 aliphatic heterocycles. The van der Waals surface area contributed by atoms with E-state index in [9.17, 15) is 30.0 Å². The van der Waals surface area contributed by atoms with Gasteiger partial charge in [-0.25, -0.2) is 9.97 Å². The zero-order chi connectivity index (χ0) is 42.1. The van der Waals surface area contributed by atoms with Gasteiger partial charge in [0.25, 0.3) is 5.91 Å². The molecule has 2 amide bonds. The van der Waals surface area contributed by atoms with Crippen LogP contribution in [0.3, 0.4) is 0 Å². The number of piperidine rings is 1. The van der Waals surface area contributed by atoms with Crippen LogP contribution in [0.15, 0.2) is 42.7 Å². The molecule has 0 radical (unpaired) electrons. The summed E-state index contributed by atoms with van der Waals surface area (Å²) in [7, 11) is 0. The molecular weight excluding hydrogens is 771 g/mol. The third-order valence-corrected chi connectivity index (χ3v) is 12.1. The van der Waals surface area contributed by atoms with Crippen LogP contribution in [0, 0.1) is 0 Å². The molecule has 6 heterocycles. The average Bonchev–Trinajstić information content (AvgIpc) is 3.67. The number of ether oxygens (including phenoxy) is 1. The summed E-state index contributed by atoms with van der Waals surface area (Å²) < 4.78 is 5.53. The largest absolute Gasteiger partial charge is 0.508 e. The van der Waals surface area contributed by atoms with E-state index in [2.05, 4.69) is 20.9 Å². The number of rotatable bonds is 10. The van der Waals surface area contributed by atoms with Crippen molar-refractivity contribution in [3.63, 3.8) is 0 Å². The lowest BCUT2D eigenvalue weighted by Crippen LogP contribution is -2.58. The Morgan fingerprint density at radius 1 is 0.883 bits per heavy atom. The van der Waals surface area contributed by atoms with Crippen molar-refractivity contribution in [1.29, 1.82) is 0 Å². The fourth-order valence-electron chi connectivity index (χ4n) is 8.56. The van der Waals surface area contributed by atoms with E-state index in [1.807, 2.05) is 35.8 Å². The first-order chi connectivity index (χ1) is 28.9. The molecule has 318 valence electrons. The number of aliphatic hydroxyl groups excluding tert-OH is 1. The van der Waals surface area contributed by atoms with Gasteiger partial charge >= 0.3 is 0 Å². The molecule has 1 atom stereocenters. The van der Waals surface area contributed by atoms with E-state index in [1.54, 1.807) is 28.3 Å². The highest BCUT2D eigenvalue weighted by atomic mass is 16.5. The minimum absolute atomic E-state index is 0.0190. The molecule has 3 fully saturated rings. The number of hydrogen-bond donors (Lipinski definition) is 5. The zero-order valence-corrected chi connectivity index (χ0v) is 34.1. The molecule has 0 spiro atoms. The van der Waals surface area contributed by atoms with Crippen LogP contribution in [-0.2, 0) is 29.2 Å². The van der Waals surface area contributed by atoms with Crippen LogP contribution < -0.4 is 15.5 Å². The molecule has 4 aliphatic rings. The van der Waals surface area contributed by atoms with Crippen molar-refractivity contribution in [3.05, 3.63) is 70.5 Å². The maximum Gasteiger partial charge on any atom is 0.258 e. The monoisotopic (exact) mass is 823 g/mol. The Morgan fingerprint density at radius 3 is 2.25 bits per heavy atom. The van der Waals surface area contributed by atoms with Crippen LogP contribution in [0.1, 0.15) is 71.6 Å². The van der Waals surface area contributed by atoms with E-state index in [4.69, 9.17) is 25.4 Å². The van der Waals surface area contributed by atoms with Gasteiger partial charge in [0, 0.05) is 83.9 Å². The van der Waals surface area contributed by atoms with Gasteiger partial charge < -0.3 is 50.5 Å². The number of morpholine rings is 1. The molecule has 60 heavy (non-hydrogen) atoms. The lowest BCUT2D eigenvalue weighted by atomic mass is 9.87. The molecule has 18 nitrogen and oxygen atoms in total. The molecule has 2 aromatic carbocycles.